The van der Waals surface area contributed by atoms with Crippen molar-refractivity contribution in [2.75, 3.05) is 52.5 Å². The molecule has 0 atom stereocenters. The van der Waals surface area contributed by atoms with Gasteiger partial charge in [-0.2, -0.15) is 0 Å². The molecule has 1 aliphatic rings. The molecule has 0 bridgehead atoms. The molecule has 5 nitrogen and oxygen atoms in total. The van der Waals surface area contributed by atoms with Crippen LogP contribution in [0, 0.1) is 11.6 Å². The summed E-state index contributed by atoms with van der Waals surface area (Å²) in [7, 11) is 0. The van der Waals surface area contributed by atoms with Crippen LogP contribution in [0.25, 0.3) is 0 Å². The van der Waals surface area contributed by atoms with E-state index in [4.69, 9.17) is 9.47 Å². The fourth-order valence-electron chi connectivity index (χ4n) is 3.81. The van der Waals surface area contributed by atoms with Crippen LogP contribution >= 0.6 is 24.8 Å². The second-order valence-electron chi connectivity index (χ2n) is 7.63. The molecule has 0 radical (unpaired) electrons. The zero-order chi connectivity index (χ0) is 22.8. The van der Waals surface area contributed by atoms with Crippen LogP contribution < -0.4 is 0 Å². The lowest BCUT2D eigenvalue weighted by Crippen LogP contribution is -2.47. The van der Waals surface area contributed by atoms with Gasteiger partial charge in [-0.3, -0.25) is 9.80 Å². The summed E-state index contributed by atoms with van der Waals surface area (Å²) in [6.07, 6.45) is 3.95. The van der Waals surface area contributed by atoms with Gasteiger partial charge in [0, 0.05) is 32.7 Å². The van der Waals surface area contributed by atoms with Crippen LogP contribution in [-0.4, -0.2) is 68.3 Å². The van der Waals surface area contributed by atoms with Gasteiger partial charge < -0.3 is 9.47 Å². The van der Waals surface area contributed by atoms with Crippen molar-refractivity contribution in [2.24, 2.45) is 0 Å². The second-order valence-corrected chi connectivity index (χ2v) is 7.63. The molecule has 34 heavy (non-hydrogen) atoms. The minimum Gasteiger partial charge on any atom is -0.464 e. The van der Waals surface area contributed by atoms with Crippen LogP contribution in [0.5, 0.6) is 0 Å². The molecule has 188 valence electrons. The van der Waals surface area contributed by atoms with Crippen molar-refractivity contribution in [1.29, 1.82) is 0 Å². The molecular formula is C25H32Cl2F2N2O3. The van der Waals surface area contributed by atoms with Crippen molar-refractivity contribution < 1.29 is 23.0 Å². The Bertz CT molecular complexity index is 829. The SMILES string of the molecule is CCOC(=O)COC/C=C\CN1CCN(C(c2ccc(F)cc2)c2ccc(F)cc2)CC1.Cl.Cl. The molecule has 0 aliphatic carbocycles. The number of carbonyl (C=O) groups is 1. The van der Waals surface area contributed by atoms with Crippen LogP contribution in [0.4, 0.5) is 8.78 Å². The number of esters is 1. The molecule has 0 aromatic heterocycles. The van der Waals surface area contributed by atoms with Crippen LogP contribution in [-0.2, 0) is 14.3 Å². The van der Waals surface area contributed by atoms with Gasteiger partial charge in [-0.1, -0.05) is 36.4 Å². The average Bonchev–Trinajstić information content (AvgIpc) is 2.80. The van der Waals surface area contributed by atoms with Crippen molar-refractivity contribution in [3.8, 4) is 0 Å². The number of carbonyl (C=O) groups excluding carboxylic acids is 1. The van der Waals surface area contributed by atoms with Crippen LogP contribution in [0.2, 0.25) is 0 Å². The van der Waals surface area contributed by atoms with Gasteiger partial charge in [-0.25, -0.2) is 13.6 Å². The van der Waals surface area contributed by atoms with E-state index in [0.717, 1.165) is 43.9 Å². The Morgan fingerprint density at radius 3 is 1.94 bits per heavy atom. The van der Waals surface area contributed by atoms with E-state index in [2.05, 4.69) is 9.80 Å². The molecule has 1 fully saturated rings. The van der Waals surface area contributed by atoms with Gasteiger partial charge in [0.05, 0.1) is 19.3 Å². The molecule has 0 amide bonds. The lowest BCUT2D eigenvalue weighted by atomic mass is 9.96. The summed E-state index contributed by atoms with van der Waals surface area (Å²) in [6, 6.07) is 13.0. The maximum absolute atomic E-state index is 13.5. The third kappa shape index (κ3) is 9.31. The first kappa shape index (κ1) is 30.0. The number of halogens is 4. The molecule has 1 aliphatic heterocycles. The van der Waals surface area contributed by atoms with Gasteiger partial charge in [0.15, 0.2) is 0 Å². The van der Waals surface area contributed by atoms with E-state index in [1.807, 2.05) is 12.2 Å². The molecule has 2 aromatic rings. The zero-order valence-electron chi connectivity index (χ0n) is 19.2. The number of piperazine rings is 1. The summed E-state index contributed by atoms with van der Waals surface area (Å²) in [5.41, 5.74) is 1.98. The van der Waals surface area contributed by atoms with E-state index >= 15 is 0 Å². The third-order valence-electron chi connectivity index (χ3n) is 5.41. The first-order valence-electron chi connectivity index (χ1n) is 10.9. The number of nitrogens with zero attached hydrogens (tertiary/aromatic N) is 2. The van der Waals surface area contributed by atoms with Crippen LogP contribution in [0.1, 0.15) is 24.1 Å². The highest BCUT2D eigenvalue weighted by atomic mass is 35.5. The monoisotopic (exact) mass is 516 g/mol. The Hall–Kier alpha value is -2.03. The maximum Gasteiger partial charge on any atom is 0.332 e. The van der Waals surface area contributed by atoms with Crippen molar-refractivity contribution in [1.82, 2.24) is 9.80 Å². The van der Waals surface area contributed by atoms with Crippen molar-refractivity contribution in [2.45, 2.75) is 13.0 Å². The molecule has 0 saturated carbocycles. The van der Waals surface area contributed by atoms with E-state index < -0.39 is 0 Å². The van der Waals surface area contributed by atoms with Crippen LogP contribution in [0.15, 0.2) is 60.7 Å². The van der Waals surface area contributed by atoms with Gasteiger partial charge in [0.1, 0.15) is 18.2 Å². The summed E-state index contributed by atoms with van der Waals surface area (Å²) in [5, 5.41) is 0. The minimum absolute atomic E-state index is 0. The molecule has 2 aromatic carbocycles. The standard InChI is InChI=1S/C25H30F2N2O3.2ClH/c1-2-32-24(30)19-31-18-4-3-13-28-14-16-29(17-15-28)25(20-5-9-22(26)10-6-20)21-7-11-23(27)12-8-21;;/h3-12,25H,2,13-19H2,1H3;2*1H/b4-3-;;. The van der Waals surface area contributed by atoms with E-state index in [0.29, 0.717) is 13.2 Å². The molecule has 1 heterocycles. The lowest BCUT2D eigenvalue weighted by molar-refractivity contribution is -0.147. The number of benzene rings is 2. The summed E-state index contributed by atoms with van der Waals surface area (Å²) < 4.78 is 37.0. The van der Waals surface area contributed by atoms with E-state index in [1.165, 1.54) is 24.3 Å². The smallest absolute Gasteiger partial charge is 0.332 e. The Morgan fingerprint density at radius 1 is 0.912 bits per heavy atom. The van der Waals surface area contributed by atoms with Crippen molar-refractivity contribution in [3.05, 3.63) is 83.4 Å². The van der Waals surface area contributed by atoms with E-state index in [-0.39, 0.29) is 55.1 Å². The van der Waals surface area contributed by atoms with Gasteiger partial charge in [-0.15, -0.1) is 24.8 Å². The number of rotatable bonds is 10. The normalized spacial score (nSPS) is 14.6. The second kappa shape index (κ2) is 15.8. The maximum atomic E-state index is 13.5. The van der Waals surface area contributed by atoms with Gasteiger partial charge in [0.25, 0.3) is 0 Å². The quantitative estimate of drug-likeness (QED) is 0.261. The predicted octanol–water partition coefficient (Wildman–Crippen LogP) is 4.65. The molecule has 1 saturated heterocycles. The van der Waals surface area contributed by atoms with Crippen molar-refractivity contribution in [3.63, 3.8) is 0 Å². The Kier molecular flexibility index (Phi) is 13.9. The van der Waals surface area contributed by atoms with Gasteiger partial charge in [-0.05, 0) is 42.3 Å². The summed E-state index contributed by atoms with van der Waals surface area (Å²) in [5.74, 6) is -0.891. The fourth-order valence-corrected chi connectivity index (χ4v) is 3.81. The fraction of sp³-hybridized carbons (Fsp3) is 0.400. The molecule has 0 spiro atoms. The summed E-state index contributed by atoms with van der Waals surface area (Å²) >= 11 is 0. The molecule has 9 heteroatoms. The van der Waals surface area contributed by atoms with E-state index in [9.17, 15) is 13.6 Å². The average molecular weight is 517 g/mol. The zero-order valence-corrected chi connectivity index (χ0v) is 20.8. The Labute approximate surface area is 212 Å². The van der Waals surface area contributed by atoms with Crippen LogP contribution in [0.3, 0.4) is 0 Å². The number of ether oxygens (including phenoxy) is 2. The molecule has 0 unspecified atom stereocenters. The highest BCUT2D eigenvalue weighted by Crippen LogP contribution is 2.30. The minimum atomic E-state index is -0.353. The van der Waals surface area contributed by atoms with Gasteiger partial charge in [0.2, 0.25) is 0 Å². The Morgan fingerprint density at radius 2 is 1.44 bits per heavy atom. The molecular weight excluding hydrogens is 485 g/mol. The topological polar surface area (TPSA) is 42.0 Å². The lowest BCUT2D eigenvalue weighted by Gasteiger charge is -2.39. The first-order chi connectivity index (χ1) is 15.6. The summed E-state index contributed by atoms with van der Waals surface area (Å²) in [6.45, 7) is 6.70. The number of hydrogen-bond acceptors (Lipinski definition) is 5. The first-order valence-corrected chi connectivity index (χ1v) is 10.9. The van der Waals surface area contributed by atoms with E-state index in [1.54, 1.807) is 31.2 Å². The summed E-state index contributed by atoms with van der Waals surface area (Å²) in [4.78, 5) is 15.9. The third-order valence-corrected chi connectivity index (χ3v) is 5.41. The Balaban J connectivity index is 0.00000289. The molecule has 0 N–H and O–H groups in total. The van der Waals surface area contributed by atoms with Crippen molar-refractivity contribution >= 4 is 30.8 Å². The largest absolute Gasteiger partial charge is 0.464 e. The highest BCUT2D eigenvalue weighted by Gasteiger charge is 2.26. The predicted molar refractivity (Wildman–Crippen MR) is 134 cm³/mol. The highest BCUT2D eigenvalue weighted by molar-refractivity contribution is 5.85. The number of hydrogen-bond donors (Lipinski definition) is 0. The van der Waals surface area contributed by atoms with Gasteiger partial charge >= 0.3 is 5.97 Å². The molecule has 3 rings (SSSR count).